The molecule has 0 radical (unpaired) electrons. The molecule has 1 amide bonds. The molecule has 2 atom stereocenters. The Morgan fingerprint density at radius 3 is 2.80 bits per heavy atom. The maximum atomic E-state index is 12.0. The van der Waals surface area contributed by atoms with Gasteiger partial charge in [-0.05, 0) is 56.3 Å². The van der Waals surface area contributed by atoms with Crippen LogP contribution in [0, 0.1) is 0 Å². The molecule has 156 valence electrons. The summed E-state index contributed by atoms with van der Waals surface area (Å²) in [7, 11) is 4.08. The van der Waals surface area contributed by atoms with Crippen molar-refractivity contribution in [3.05, 3.63) is 54.2 Å². The Hall–Kier alpha value is -3.19. The Bertz CT molecular complexity index is 1050. The first-order valence-corrected chi connectivity index (χ1v) is 10.4. The van der Waals surface area contributed by atoms with Crippen LogP contribution in [-0.4, -0.2) is 42.1 Å². The fraction of sp³-hybridized carbons (Fsp3) is 0.348. The zero-order valence-corrected chi connectivity index (χ0v) is 17.4. The van der Waals surface area contributed by atoms with Crippen LogP contribution in [0.25, 0.3) is 10.9 Å². The predicted octanol–water partition coefficient (Wildman–Crippen LogP) is 3.44. The molecule has 1 aromatic carbocycles. The van der Waals surface area contributed by atoms with Gasteiger partial charge in [-0.15, -0.1) is 0 Å². The Labute approximate surface area is 176 Å². The molecule has 2 unspecified atom stereocenters. The van der Waals surface area contributed by atoms with E-state index < -0.39 is 5.91 Å². The molecule has 7 heteroatoms. The number of rotatable bonds is 6. The van der Waals surface area contributed by atoms with Crippen molar-refractivity contribution in [2.24, 2.45) is 5.73 Å². The minimum absolute atomic E-state index is 0.357. The number of fused-ring (bicyclic) bond motifs is 1. The number of hydrogen-bond donors (Lipinski definition) is 3. The van der Waals surface area contributed by atoms with E-state index in [9.17, 15) is 4.79 Å². The van der Waals surface area contributed by atoms with Crippen molar-refractivity contribution in [2.45, 2.75) is 37.8 Å². The van der Waals surface area contributed by atoms with Gasteiger partial charge in [0.25, 0.3) is 5.91 Å². The predicted molar refractivity (Wildman–Crippen MR) is 121 cm³/mol. The summed E-state index contributed by atoms with van der Waals surface area (Å²) in [5, 5.41) is 7.74. The summed E-state index contributed by atoms with van der Waals surface area (Å²) in [6, 6.07) is 14.2. The number of carbonyl (C=O) groups excluding carboxylic acids is 1. The number of likely N-dealkylation sites (N-methyl/N-ethyl adjacent to an activating group) is 2. The zero-order valence-electron chi connectivity index (χ0n) is 17.4. The molecule has 7 nitrogen and oxygen atoms in total. The van der Waals surface area contributed by atoms with Crippen LogP contribution >= 0.6 is 0 Å². The molecule has 4 N–H and O–H groups in total. The van der Waals surface area contributed by atoms with Gasteiger partial charge >= 0.3 is 0 Å². The molecule has 0 bridgehead atoms. The number of aromatic nitrogens is 2. The number of nitrogens with two attached hydrogens (primary N) is 1. The van der Waals surface area contributed by atoms with Crippen molar-refractivity contribution in [1.29, 1.82) is 0 Å². The van der Waals surface area contributed by atoms with E-state index >= 15 is 0 Å². The number of pyridine rings is 2. The highest BCUT2D eigenvalue weighted by atomic mass is 16.1. The van der Waals surface area contributed by atoms with E-state index in [0.717, 1.165) is 35.2 Å². The fourth-order valence-electron chi connectivity index (χ4n) is 4.31. The van der Waals surface area contributed by atoms with Gasteiger partial charge in [0.15, 0.2) is 0 Å². The summed E-state index contributed by atoms with van der Waals surface area (Å²) >= 11 is 0. The highest BCUT2D eigenvalue weighted by molar-refractivity contribution is 5.98. The summed E-state index contributed by atoms with van der Waals surface area (Å²) in [4.78, 5) is 23.4. The topological polar surface area (TPSA) is 96.2 Å². The summed E-state index contributed by atoms with van der Waals surface area (Å²) < 4.78 is 0. The molecular formula is C23H28N6O. The SMILES string of the molecule is CNC1CCCCC1N(C)c1ccc(C(N)=O)c(Nc2ccc3ncccc3c2)n1. The third-order valence-electron chi connectivity index (χ3n) is 5.97. The average molecular weight is 405 g/mol. The number of nitrogens with one attached hydrogen (secondary N) is 2. The molecule has 3 aromatic rings. The van der Waals surface area contributed by atoms with E-state index in [1.54, 1.807) is 12.3 Å². The van der Waals surface area contributed by atoms with Crippen LogP contribution in [0.1, 0.15) is 36.0 Å². The van der Waals surface area contributed by atoms with Gasteiger partial charge in [-0.25, -0.2) is 4.98 Å². The van der Waals surface area contributed by atoms with Gasteiger partial charge in [0, 0.05) is 36.4 Å². The molecule has 0 saturated heterocycles. The summed E-state index contributed by atoms with van der Waals surface area (Å²) in [6.07, 6.45) is 6.49. The second-order valence-electron chi connectivity index (χ2n) is 7.82. The Kier molecular flexibility index (Phi) is 5.81. The molecule has 1 saturated carbocycles. The second-order valence-corrected chi connectivity index (χ2v) is 7.82. The first-order chi connectivity index (χ1) is 14.6. The quantitative estimate of drug-likeness (QED) is 0.582. The summed E-state index contributed by atoms with van der Waals surface area (Å²) in [6.45, 7) is 0. The smallest absolute Gasteiger partial charge is 0.252 e. The first-order valence-electron chi connectivity index (χ1n) is 10.4. The number of hydrogen-bond acceptors (Lipinski definition) is 6. The van der Waals surface area contributed by atoms with Crippen LogP contribution in [0.15, 0.2) is 48.7 Å². The lowest BCUT2D eigenvalue weighted by molar-refractivity contribution is 0.100. The van der Waals surface area contributed by atoms with Crippen LogP contribution in [-0.2, 0) is 0 Å². The molecule has 0 aliphatic heterocycles. The maximum absolute atomic E-state index is 12.0. The van der Waals surface area contributed by atoms with Crippen molar-refractivity contribution in [3.63, 3.8) is 0 Å². The number of nitrogens with zero attached hydrogens (tertiary/aromatic N) is 3. The minimum Gasteiger partial charge on any atom is -0.365 e. The van der Waals surface area contributed by atoms with Crippen molar-refractivity contribution in [3.8, 4) is 0 Å². The van der Waals surface area contributed by atoms with Gasteiger partial charge in [-0.2, -0.15) is 0 Å². The summed E-state index contributed by atoms with van der Waals surface area (Å²) in [5.41, 5.74) is 7.73. The van der Waals surface area contributed by atoms with Gasteiger partial charge < -0.3 is 21.3 Å². The van der Waals surface area contributed by atoms with Crippen LogP contribution in [0.5, 0.6) is 0 Å². The molecule has 1 aliphatic carbocycles. The zero-order chi connectivity index (χ0) is 21.1. The fourth-order valence-corrected chi connectivity index (χ4v) is 4.31. The van der Waals surface area contributed by atoms with Gasteiger partial charge in [0.2, 0.25) is 0 Å². The third-order valence-corrected chi connectivity index (χ3v) is 5.97. The van der Waals surface area contributed by atoms with E-state index in [-0.39, 0.29) is 0 Å². The maximum Gasteiger partial charge on any atom is 0.252 e. The lowest BCUT2D eigenvalue weighted by Gasteiger charge is -2.38. The van der Waals surface area contributed by atoms with Crippen molar-refractivity contribution < 1.29 is 4.79 Å². The number of anilines is 3. The molecule has 2 aromatic heterocycles. The number of amides is 1. The molecule has 1 fully saturated rings. The van der Waals surface area contributed by atoms with Crippen LogP contribution in [0.3, 0.4) is 0 Å². The highest BCUT2D eigenvalue weighted by Crippen LogP contribution is 2.29. The van der Waals surface area contributed by atoms with E-state index in [2.05, 4.69) is 27.6 Å². The lowest BCUT2D eigenvalue weighted by Crippen LogP contribution is -2.49. The number of carbonyl (C=O) groups is 1. The normalized spacial score (nSPS) is 18.9. The largest absolute Gasteiger partial charge is 0.365 e. The van der Waals surface area contributed by atoms with E-state index in [4.69, 9.17) is 10.7 Å². The number of primary amides is 1. The summed E-state index contributed by atoms with van der Waals surface area (Å²) in [5.74, 6) is 0.774. The molecule has 0 spiro atoms. The van der Waals surface area contributed by atoms with Gasteiger partial charge in [0.1, 0.15) is 11.6 Å². The van der Waals surface area contributed by atoms with Crippen molar-refractivity contribution in [2.75, 3.05) is 24.3 Å². The number of benzene rings is 1. The molecular weight excluding hydrogens is 376 g/mol. The van der Waals surface area contributed by atoms with Gasteiger partial charge in [-0.3, -0.25) is 9.78 Å². The minimum atomic E-state index is -0.507. The van der Waals surface area contributed by atoms with Crippen LogP contribution in [0.2, 0.25) is 0 Å². The molecule has 1 aliphatic rings. The monoisotopic (exact) mass is 404 g/mol. The van der Waals surface area contributed by atoms with Gasteiger partial charge in [-0.1, -0.05) is 18.9 Å². The Morgan fingerprint density at radius 2 is 2.00 bits per heavy atom. The first kappa shape index (κ1) is 20.1. The van der Waals surface area contributed by atoms with Crippen LogP contribution in [0.4, 0.5) is 17.3 Å². The van der Waals surface area contributed by atoms with Crippen molar-refractivity contribution >= 4 is 34.1 Å². The van der Waals surface area contributed by atoms with E-state index in [1.165, 1.54) is 12.8 Å². The Morgan fingerprint density at radius 1 is 1.17 bits per heavy atom. The average Bonchev–Trinajstić information content (AvgIpc) is 2.78. The Balaban J connectivity index is 1.66. The second kappa shape index (κ2) is 8.67. The van der Waals surface area contributed by atoms with E-state index in [1.807, 2.05) is 43.4 Å². The third kappa shape index (κ3) is 4.07. The molecule has 2 heterocycles. The molecule has 4 rings (SSSR count). The van der Waals surface area contributed by atoms with Gasteiger partial charge in [0.05, 0.1) is 11.1 Å². The van der Waals surface area contributed by atoms with E-state index in [0.29, 0.717) is 23.5 Å². The molecule has 30 heavy (non-hydrogen) atoms. The van der Waals surface area contributed by atoms with Crippen LogP contribution < -0.4 is 21.3 Å². The lowest BCUT2D eigenvalue weighted by atomic mass is 9.89. The van der Waals surface area contributed by atoms with Crippen molar-refractivity contribution in [1.82, 2.24) is 15.3 Å². The standard InChI is InChI=1S/C23H28N6O/c1-25-19-7-3-4-8-20(19)29(2)21-12-10-17(22(24)30)23(28-21)27-16-9-11-18-15(14-16)6-5-13-26-18/h5-6,9-14,19-20,25H,3-4,7-8H2,1-2H3,(H2,24,30)(H,27,28). The highest BCUT2D eigenvalue weighted by Gasteiger charge is 2.28.